The van der Waals surface area contributed by atoms with Gasteiger partial charge < -0.3 is 8.92 Å². The summed E-state index contributed by atoms with van der Waals surface area (Å²) in [6.45, 7) is 5.05. The molecule has 3 rings (SSSR count). The summed E-state index contributed by atoms with van der Waals surface area (Å²) in [7, 11) is -4.15. The lowest BCUT2D eigenvalue weighted by atomic mass is 9.77. The fraction of sp³-hybridized carbons (Fsp3) is 0.250. The van der Waals surface area contributed by atoms with E-state index >= 15 is 0 Å². The Labute approximate surface area is 177 Å². The predicted octanol–water partition coefficient (Wildman–Crippen LogP) is 5.41. The van der Waals surface area contributed by atoms with Crippen molar-refractivity contribution in [1.29, 1.82) is 0 Å². The molecule has 148 valence electrons. The van der Waals surface area contributed by atoms with Gasteiger partial charge >= 0.3 is 16.1 Å². The zero-order valence-corrected chi connectivity index (χ0v) is 18.6. The van der Waals surface area contributed by atoms with Gasteiger partial charge in [0.1, 0.15) is 16.8 Å². The molecule has 2 aromatic carbocycles. The van der Waals surface area contributed by atoms with Crippen LogP contribution in [-0.2, 0) is 23.8 Å². The summed E-state index contributed by atoms with van der Waals surface area (Å²) in [4.78, 5) is 12.4. The SMILES string of the molecule is CC1=C(OS(=O)(=O)c2ccc(Cl)cc2)C(C)(C)C(c2ccc(Br)cc2)OC1=O. The topological polar surface area (TPSA) is 69.7 Å². The molecule has 0 saturated heterocycles. The molecule has 1 unspecified atom stereocenters. The van der Waals surface area contributed by atoms with Gasteiger partial charge in [-0.25, -0.2) is 4.79 Å². The number of carbonyl (C=O) groups is 1. The molecule has 1 aliphatic rings. The van der Waals surface area contributed by atoms with E-state index in [0.29, 0.717) is 5.02 Å². The Bertz CT molecular complexity index is 1040. The van der Waals surface area contributed by atoms with Crippen molar-refractivity contribution in [3.63, 3.8) is 0 Å². The molecule has 0 aliphatic carbocycles. The van der Waals surface area contributed by atoms with E-state index in [4.69, 9.17) is 20.5 Å². The first-order valence-corrected chi connectivity index (χ1v) is 11.0. The smallest absolute Gasteiger partial charge is 0.338 e. The van der Waals surface area contributed by atoms with Crippen LogP contribution in [-0.4, -0.2) is 14.4 Å². The molecule has 0 aromatic heterocycles. The van der Waals surface area contributed by atoms with E-state index in [9.17, 15) is 13.2 Å². The number of cyclic esters (lactones) is 1. The summed E-state index contributed by atoms with van der Waals surface area (Å²) in [6.07, 6.45) is -0.702. The molecule has 0 radical (unpaired) electrons. The number of halogens is 2. The molecule has 8 heteroatoms. The van der Waals surface area contributed by atoms with Crippen molar-refractivity contribution < 1.29 is 22.1 Å². The zero-order chi connectivity index (χ0) is 20.7. The van der Waals surface area contributed by atoms with E-state index in [-0.39, 0.29) is 16.2 Å². The number of ether oxygens (including phenoxy) is 1. The Balaban J connectivity index is 2.02. The van der Waals surface area contributed by atoms with Gasteiger partial charge in [0.15, 0.2) is 0 Å². The molecule has 1 aliphatic heterocycles. The lowest BCUT2D eigenvalue weighted by Gasteiger charge is -2.39. The fourth-order valence-electron chi connectivity index (χ4n) is 3.09. The normalized spacial score (nSPS) is 19.3. The van der Waals surface area contributed by atoms with Crippen molar-refractivity contribution in [1.82, 2.24) is 0 Å². The number of hydrogen-bond acceptors (Lipinski definition) is 5. The highest BCUT2D eigenvalue weighted by atomic mass is 79.9. The van der Waals surface area contributed by atoms with Crippen LogP contribution in [0.3, 0.4) is 0 Å². The largest absolute Gasteiger partial charge is 0.453 e. The van der Waals surface area contributed by atoms with E-state index in [1.807, 2.05) is 24.3 Å². The van der Waals surface area contributed by atoms with Crippen LogP contribution in [0.1, 0.15) is 32.4 Å². The lowest BCUT2D eigenvalue weighted by Crippen LogP contribution is -2.37. The van der Waals surface area contributed by atoms with Crippen LogP contribution in [0.25, 0.3) is 0 Å². The molecule has 2 aromatic rings. The molecular weight excluding hydrogens is 468 g/mol. The molecule has 0 fully saturated rings. The second-order valence-electron chi connectivity index (χ2n) is 7.00. The standard InChI is InChI=1S/C20H18BrClO5S/c1-12-17(27-28(24,25)16-10-8-15(22)9-11-16)20(2,3)18(26-19(12)23)13-4-6-14(21)7-5-13/h4-11,18H,1-3H3. The van der Waals surface area contributed by atoms with Crippen molar-refractivity contribution in [2.45, 2.75) is 31.8 Å². The number of carbonyl (C=O) groups excluding carboxylic acids is 1. The van der Waals surface area contributed by atoms with Crippen LogP contribution >= 0.6 is 27.5 Å². The van der Waals surface area contributed by atoms with Crippen LogP contribution < -0.4 is 0 Å². The molecule has 1 heterocycles. The molecular formula is C20H18BrClO5S. The second-order valence-corrected chi connectivity index (χ2v) is 9.90. The maximum atomic E-state index is 12.8. The maximum absolute atomic E-state index is 12.8. The molecule has 0 spiro atoms. The number of benzene rings is 2. The molecule has 1 atom stereocenters. The summed E-state index contributed by atoms with van der Waals surface area (Å²) in [6, 6.07) is 12.9. The predicted molar refractivity (Wildman–Crippen MR) is 109 cm³/mol. The number of hydrogen-bond donors (Lipinski definition) is 0. The van der Waals surface area contributed by atoms with Crippen molar-refractivity contribution in [2.75, 3.05) is 0 Å². The number of rotatable bonds is 4. The molecule has 0 N–H and O–H groups in total. The lowest BCUT2D eigenvalue weighted by molar-refractivity contribution is -0.154. The molecule has 0 bridgehead atoms. The first-order valence-electron chi connectivity index (χ1n) is 8.40. The monoisotopic (exact) mass is 484 g/mol. The van der Waals surface area contributed by atoms with Gasteiger partial charge in [-0.3, -0.25) is 0 Å². The third kappa shape index (κ3) is 3.97. The van der Waals surface area contributed by atoms with Gasteiger partial charge in [-0.05, 0) is 62.7 Å². The minimum atomic E-state index is -4.15. The van der Waals surface area contributed by atoms with Crippen LogP contribution in [0.4, 0.5) is 0 Å². The third-order valence-corrected chi connectivity index (χ3v) is 6.60. The Morgan fingerprint density at radius 1 is 1.07 bits per heavy atom. The van der Waals surface area contributed by atoms with Crippen LogP contribution in [0.2, 0.25) is 5.02 Å². The van der Waals surface area contributed by atoms with E-state index in [0.717, 1.165) is 10.0 Å². The van der Waals surface area contributed by atoms with Crippen LogP contribution in [0.15, 0.2) is 69.2 Å². The summed E-state index contributed by atoms with van der Waals surface area (Å²) < 4.78 is 37.5. The van der Waals surface area contributed by atoms with Gasteiger partial charge in [-0.15, -0.1) is 0 Å². The fourth-order valence-corrected chi connectivity index (χ4v) is 4.60. The summed E-state index contributed by atoms with van der Waals surface area (Å²) in [5.74, 6) is -0.555. The zero-order valence-electron chi connectivity index (χ0n) is 15.4. The third-order valence-electron chi connectivity index (χ3n) is 4.58. The van der Waals surface area contributed by atoms with Gasteiger partial charge in [-0.1, -0.05) is 39.7 Å². The Kier molecular flexibility index (Phi) is 5.62. The molecule has 28 heavy (non-hydrogen) atoms. The van der Waals surface area contributed by atoms with Crippen LogP contribution in [0, 0.1) is 5.41 Å². The Morgan fingerprint density at radius 2 is 1.64 bits per heavy atom. The van der Waals surface area contributed by atoms with Gasteiger partial charge in [0.05, 0.1) is 11.0 Å². The summed E-state index contributed by atoms with van der Waals surface area (Å²) >= 11 is 9.20. The molecule has 5 nitrogen and oxygen atoms in total. The van der Waals surface area contributed by atoms with Crippen molar-refractivity contribution in [2.24, 2.45) is 5.41 Å². The average Bonchev–Trinajstić information content (AvgIpc) is 2.63. The first-order chi connectivity index (χ1) is 13.0. The second kappa shape index (κ2) is 7.54. The summed E-state index contributed by atoms with van der Waals surface area (Å²) in [5.41, 5.74) is -0.0550. The highest BCUT2D eigenvalue weighted by Crippen LogP contribution is 2.48. The highest BCUT2D eigenvalue weighted by Gasteiger charge is 2.46. The van der Waals surface area contributed by atoms with Gasteiger partial charge in [0, 0.05) is 9.50 Å². The molecule has 0 amide bonds. The first kappa shape index (κ1) is 20.9. The van der Waals surface area contributed by atoms with Gasteiger partial charge in [0.25, 0.3) is 0 Å². The van der Waals surface area contributed by atoms with Crippen LogP contribution in [0.5, 0.6) is 0 Å². The minimum absolute atomic E-state index is 0.0490. The van der Waals surface area contributed by atoms with E-state index < -0.39 is 27.6 Å². The summed E-state index contributed by atoms with van der Waals surface area (Å²) in [5, 5.41) is 0.409. The maximum Gasteiger partial charge on any atom is 0.338 e. The van der Waals surface area contributed by atoms with E-state index in [1.165, 1.54) is 31.2 Å². The van der Waals surface area contributed by atoms with E-state index in [1.54, 1.807) is 13.8 Å². The molecule has 0 saturated carbocycles. The Morgan fingerprint density at radius 3 is 2.21 bits per heavy atom. The van der Waals surface area contributed by atoms with Crippen molar-refractivity contribution in [3.05, 3.63) is 74.9 Å². The number of esters is 1. The highest BCUT2D eigenvalue weighted by molar-refractivity contribution is 9.10. The van der Waals surface area contributed by atoms with E-state index in [2.05, 4.69) is 15.9 Å². The van der Waals surface area contributed by atoms with Gasteiger partial charge in [-0.2, -0.15) is 8.42 Å². The average molecular weight is 486 g/mol. The minimum Gasteiger partial charge on any atom is -0.453 e. The van der Waals surface area contributed by atoms with Crippen molar-refractivity contribution in [3.8, 4) is 0 Å². The quantitative estimate of drug-likeness (QED) is 0.428. The Hall–Kier alpha value is -1.83. The van der Waals surface area contributed by atoms with Crippen molar-refractivity contribution >= 4 is 43.6 Å². The van der Waals surface area contributed by atoms with Gasteiger partial charge in [0.2, 0.25) is 0 Å².